The van der Waals surface area contributed by atoms with Gasteiger partial charge in [0.15, 0.2) is 0 Å². The molecule has 0 bridgehead atoms. The Kier molecular flexibility index (Phi) is 1.76. The topological polar surface area (TPSA) is 0 Å². The highest BCUT2D eigenvalue weighted by molar-refractivity contribution is 5.55. The first-order valence-electron chi connectivity index (χ1n) is 7.31. The maximum Gasteiger partial charge on any atom is 0.0108 e. The van der Waals surface area contributed by atoms with Gasteiger partial charge in [-0.1, -0.05) is 50.3 Å². The van der Waals surface area contributed by atoms with Crippen molar-refractivity contribution in [2.45, 2.75) is 38.5 Å². The summed E-state index contributed by atoms with van der Waals surface area (Å²) in [6.45, 7) is 9.07. The summed E-state index contributed by atoms with van der Waals surface area (Å²) in [4.78, 5) is 0. The molecular formula is C18H22. The average Bonchev–Trinajstić information content (AvgIpc) is 2.69. The molecule has 0 spiro atoms. The second kappa shape index (κ2) is 2.92. The van der Waals surface area contributed by atoms with Crippen LogP contribution in [0, 0.1) is 22.7 Å². The Morgan fingerprint density at radius 1 is 1.17 bits per heavy atom. The SMILES string of the molecule is C=CC[C@]1(C)[C@]2(C)[C@@H]3CC[C@@H]3[C@@]12c1ccccc1. The van der Waals surface area contributed by atoms with Gasteiger partial charge in [-0.25, -0.2) is 0 Å². The van der Waals surface area contributed by atoms with E-state index in [4.69, 9.17) is 0 Å². The van der Waals surface area contributed by atoms with Crippen LogP contribution in [-0.2, 0) is 5.41 Å². The maximum atomic E-state index is 4.01. The van der Waals surface area contributed by atoms with Crippen LogP contribution in [0.1, 0.15) is 38.7 Å². The molecule has 1 aromatic carbocycles. The third-order valence-corrected chi connectivity index (χ3v) is 7.13. The van der Waals surface area contributed by atoms with E-state index >= 15 is 0 Å². The van der Waals surface area contributed by atoms with E-state index in [9.17, 15) is 0 Å². The molecule has 0 amide bonds. The molecule has 1 aromatic rings. The van der Waals surface area contributed by atoms with Crippen LogP contribution in [-0.4, -0.2) is 0 Å². The van der Waals surface area contributed by atoms with Gasteiger partial charge in [0, 0.05) is 5.41 Å². The fraction of sp³-hybridized carbons (Fsp3) is 0.556. The van der Waals surface area contributed by atoms with Gasteiger partial charge in [-0.2, -0.15) is 0 Å². The second-order valence-corrected chi connectivity index (χ2v) is 6.99. The van der Waals surface area contributed by atoms with Gasteiger partial charge in [0.2, 0.25) is 0 Å². The lowest BCUT2D eigenvalue weighted by atomic mass is 9.46. The van der Waals surface area contributed by atoms with Crippen molar-refractivity contribution >= 4 is 0 Å². The van der Waals surface area contributed by atoms with E-state index < -0.39 is 0 Å². The molecule has 0 aromatic heterocycles. The summed E-state index contributed by atoms with van der Waals surface area (Å²) in [6, 6.07) is 11.3. The Morgan fingerprint density at radius 3 is 2.39 bits per heavy atom. The predicted octanol–water partition coefficient (Wildman–Crippen LogP) is 4.57. The Labute approximate surface area is 110 Å². The van der Waals surface area contributed by atoms with E-state index in [1.807, 2.05) is 0 Å². The Hall–Kier alpha value is -1.04. The monoisotopic (exact) mass is 238 g/mol. The highest BCUT2D eigenvalue weighted by Gasteiger charge is 2.95. The molecule has 3 aliphatic carbocycles. The van der Waals surface area contributed by atoms with Crippen molar-refractivity contribution in [2.24, 2.45) is 22.7 Å². The lowest BCUT2D eigenvalue weighted by molar-refractivity contribution is -0.0483. The third-order valence-electron chi connectivity index (χ3n) is 7.13. The predicted molar refractivity (Wildman–Crippen MR) is 75.4 cm³/mol. The first-order valence-corrected chi connectivity index (χ1v) is 7.31. The molecule has 94 valence electrons. The van der Waals surface area contributed by atoms with Crippen molar-refractivity contribution in [3.05, 3.63) is 48.6 Å². The number of rotatable bonds is 3. The lowest BCUT2D eigenvalue weighted by Gasteiger charge is -2.58. The van der Waals surface area contributed by atoms with E-state index in [-0.39, 0.29) is 0 Å². The van der Waals surface area contributed by atoms with Crippen molar-refractivity contribution < 1.29 is 0 Å². The maximum absolute atomic E-state index is 4.01. The summed E-state index contributed by atoms with van der Waals surface area (Å²) >= 11 is 0. The zero-order valence-electron chi connectivity index (χ0n) is 11.4. The van der Waals surface area contributed by atoms with Crippen molar-refractivity contribution in [2.75, 3.05) is 0 Å². The molecule has 0 N–H and O–H groups in total. The van der Waals surface area contributed by atoms with Crippen LogP contribution in [0.3, 0.4) is 0 Å². The normalized spacial score (nSPS) is 51.4. The summed E-state index contributed by atoms with van der Waals surface area (Å²) in [6.07, 6.45) is 6.23. The summed E-state index contributed by atoms with van der Waals surface area (Å²) in [5, 5.41) is 0. The van der Waals surface area contributed by atoms with Crippen LogP contribution in [0.2, 0.25) is 0 Å². The molecule has 5 atom stereocenters. The van der Waals surface area contributed by atoms with E-state index in [0.717, 1.165) is 11.8 Å². The highest BCUT2D eigenvalue weighted by Crippen LogP contribution is 2.97. The standard InChI is InChI=1S/C18H22/c1-4-12-16(2)17(3)14-10-11-15(14)18(16,17)13-8-6-5-7-9-13/h4-9,14-15H,1,10-12H2,2-3H3/t14-,15+,16-,17+,18+/m1/s1. The Balaban J connectivity index is 1.87. The minimum Gasteiger partial charge on any atom is -0.103 e. The van der Waals surface area contributed by atoms with E-state index in [0.29, 0.717) is 16.2 Å². The smallest absolute Gasteiger partial charge is 0.0108 e. The van der Waals surface area contributed by atoms with E-state index in [2.05, 4.69) is 56.8 Å². The van der Waals surface area contributed by atoms with Crippen LogP contribution in [0.25, 0.3) is 0 Å². The van der Waals surface area contributed by atoms with Crippen molar-refractivity contribution in [1.29, 1.82) is 0 Å². The average molecular weight is 238 g/mol. The number of allylic oxidation sites excluding steroid dienone is 1. The minimum atomic E-state index is 0.453. The van der Waals surface area contributed by atoms with Gasteiger partial charge in [0.25, 0.3) is 0 Å². The molecule has 0 radical (unpaired) electrons. The lowest BCUT2D eigenvalue weighted by Crippen LogP contribution is -2.54. The van der Waals surface area contributed by atoms with Gasteiger partial charge < -0.3 is 0 Å². The van der Waals surface area contributed by atoms with Gasteiger partial charge >= 0.3 is 0 Å². The van der Waals surface area contributed by atoms with Crippen molar-refractivity contribution in [3.8, 4) is 0 Å². The fourth-order valence-electron chi connectivity index (χ4n) is 6.36. The first kappa shape index (κ1) is 10.8. The van der Waals surface area contributed by atoms with Gasteiger partial charge in [-0.15, -0.1) is 6.58 Å². The summed E-state index contributed by atoms with van der Waals surface area (Å²) < 4.78 is 0. The zero-order chi connectivity index (χ0) is 12.6. The number of fused-ring (bicyclic) bond motifs is 4. The van der Waals surface area contributed by atoms with Gasteiger partial charge in [0.1, 0.15) is 0 Å². The molecular weight excluding hydrogens is 216 g/mol. The van der Waals surface area contributed by atoms with Gasteiger partial charge in [-0.3, -0.25) is 0 Å². The molecule has 3 saturated carbocycles. The molecule has 3 fully saturated rings. The van der Waals surface area contributed by atoms with E-state index in [1.165, 1.54) is 19.3 Å². The quantitative estimate of drug-likeness (QED) is 0.677. The fourth-order valence-corrected chi connectivity index (χ4v) is 6.36. The van der Waals surface area contributed by atoms with Crippen LogP contribution in [0.4, 0.5) is 0 Å². The second-order valence-electron chi connectivity index (χ2n) is 6.99. The molecule has 0 heterocycles. The van der Waals surface area contributed by atoms with Crippen LogP contribution in [0.15, 0.2) is 43.0 Å². The van der Waals surface area contributed by atoms with Gasteiger partial charge in [-0.05, 0) is 47.5 Å². The number of benzene rings is 1. The Bertz CT molecular complexity index is 516. The zero-order valence-corrected chi connectivity index (χ0v) is 11.4. The largest absolute Gasteiger partial charge is 0.103 e. The van der Waals surface area contributed by atoms with Crippen molar-refractivity contribution in [1.82, 2.24) is 0 Å². The van der Waals surface area contributed by atoms with Crippen molar-refractivity contribution in [3.63, 3.8) is 0 Å². The summed E-state index contributed by atoms with van der Waals surface area (Å²) in [7, 11) is 0. The molecule has 0 saturated heterocycles. The number of hydrogen-bond donors (Lipinski definition) is 0. The van der Waals surface area contributed by atoms with E-state index in [1.54, 1.807) is 5.56 Å². The molecule has 4 rings (SSSR count). The molecule has 18 heavy (non-hydrogen) atoms. The minimum absolute atomic E-state index is 0.453. The molecule has 0 aliphatic heterocycles. The molecule has 3 aliphatic rings. The van der Waals surface area contributed by atoms with Crippen LogP contribution in [0.5, 0.6) is 0 Å². The first-order chi connectivity index (χ1) is 8.64. The van der Waals surface area contributed by atoms with Crippen LogP contribution >= 0.6 is 0 Å². The van der Waals surface area contributed by atoms with Crippen LogP contribution < -0.4 is 0 Å². The Morgan fingerprint density at radius 2 is 1.83 bits per heavy atom. The third kappa shape index (κ3) is 0.735. The summed E-state index contributed by atoms with van der Waals surface area (Å²) in [5.74, 6) is 1.94. The molecule has 0 unspecified atom stereocenters. The molecule has 0 heteroatoms. The summed E-state index contributed by atoms with van der Waals surface area (Å²) in [5.41, 5.74) is 3.06. The molecule has 0 nitrogen and oxygen atoms in total. The number of hydrogen-bond acceptors (Lipinski definition) is 0. The van der Waals surface area contributed by atoms with Gasteiger partial charge in [0.05, 0.1) is 0 Å². The highest BCUT2D eigenvalue weighted by atomic mass is 15.0.